The van der Waals surface area contributed by atoms with Gasteiger partial charge in [-0.1, -0.05) is 42.5 Å². The van der Waals surface area contributed by atoms with Crippen molar-refractivity contribution in [1.82, 2.24) is 10.2 Å². The van der Waals surface area contributed by atoms with Crippen molar-refractivity contribution >= 4 is 11.6 Å². The molecule has 0 unspecified atom stereocenters. The van der Waals surface area contributed by atoms with Crippen LogP contribution in [0.2, 0.25) is 0 Å². The number of benzene rings is 2. The number of carbonyl (C=O) groups is 1. The van der Waals surface area contributed by atoms with Crippen molar-refractivity contribution in [3.8, 4) is 0 Å². The highest BCUT2D eigenvalue weighted by molar-refractivity contribution is 6.02. The summed E-state index contributed by atoms with van der Waals surface area (Å²) in [6, 6.07) is 18.3. The second-order valence-electron chi connectivity index (χ2n) is 6.47. The van der Waals surface area contributed by atoms with Crippen LogP contribution in [0.1, 0.15) is 28.8 Å². The van der Waals surface area contributed by atoms with Crippen LogP contribution in [-0.2, 0) is 6.54 Å². The van der Waals surface area contributed by atoms with Crippen molar-refractivity contribution in [3.63, 3.8) is 0 Å². The lowest BCUT2D eigenvalue weighted by molar-refractivity contribution is 0.0822. The quantitative estimate of drug-likeness (QED) is 0.897. The maximum absolute atomic E-state index is 12.4. The summed E-state index contributed by atoms with van der Waals surface area (Å²) in [5.74, 6) is 0.0378. The van der Waals surface area contributed by atoms with Crippen LogP contribution in [0.15, 0.2) is 54.6 Å². The lowest BCUT2D eigenvalue weighted by atomic mass is 9.92. The van der Waals surface area contributed by atoms with Crippen molar-refractivity contribution < 1.29 is 4.79 Å². The highest BCUT2D eigenvalue weighted by Gasteiger charge is 2.39. The third kappa shape index (κ3) is 2.82. The van der Waals surface area contributed by atoms with Crippen LogP contribution >= 0.6 is 0 Å². The first-order chi connectivity index (χ1) is 11.2. The number of fused-ring (bicyclic) bond motifs is 1. The number of anilines is 1. The number of para-hydroxylation sites is 1. The van der Waals surface area contributed by atoms with E-state index in [0.29, 0.717) is 0 Å². The minimum absolute atomic E-state index is 0.0378. The Labute approximate surface area is 136 Å². The Hall–Kier alpha value is -2.33. The van der Waals surface area contributed by atoms with E-state index < -0.39 is 0 Å². The molecule has 0 radical (unpaired) electrons. The zero-order chi connectivity index (χ0) is 15.7. The van der Waals surface area contributed by atoms with Crippen molar-refractivity contribution in [2.75, 3.05) is 18.4 Å². The van der Waals surface area contributed by atoms with Gasteiger partial charge in [-0.25, -0.2) is 0 Å². The molecule has 2 heterocycles. The van der Waals surface area contributed by atoms with E-state index in [1.165, 1.54) is 5.56 Å². The molecule has 2 aromatic carbocycles. The normalized spacial score (nSPS) is 19.7. The third-order valence-corrected chi connectivity index (χ3v) is 4.86. The molecule has 1 saturated heterocycles. The van der Waals surface area contributed by atoms with E-state index in [0.717, 1.165) is 43.7 Å². The maximum atomic E-state index is 12.4. The van der Waals surface area contributed by atoms with E-state index in [2.05, 4.69) is 39.8 Å². The van der Waals surface area contributed by atoms with Gasteiger partial charge in [-0.15, -0.1) is 0 Å². The fourth-order valence-corrected chi connectivity index (χ4v) is 3.55. The Morgan fingerprint density at radius 1 is 0.913 bits per heavy atom. The third-order valence-electron chi connectivity index (χ3n) is 4.86. The average molecular weight is 307 g/mol. The smallest absolute Gasteiger partial charge is 0.255 e. The Morgan fingerprint density at radius 3 is 2.39 bits per heavy atom. The second kappa shape index (κ2) is 5.70. The van der Waals surface area contributed by atoms with Crippen LogP contribution in [0, 0.1) is 0 Å². The Bertz CT molecular complexity index is 706. The van der Waals surface area contributed by atoms with Gasteiger partial charge < -0.3 is 10.6 Å². The number of nitrogens with one attached hydrogen (secondary N) is 2. The van der Waals surface area contributed by atoms with Gasteiger partial charge in [0.2, 0.25) is 0 Å². The maximum Gasteiger partial charge on any atom is 0.255 e. The molecule has 2 aromatic rings. The van der Waals surface area contributed by atoms with E-state index in [4.69, 9.17) is 0 Å². The predicted molar refractivity (Wildman–Crippen MR) is 91.2 cm³/mol. The Balaban J connectivity index is 1.44. The summed E-state index contributed by atoms with van der Waals surface area (Å²) in [6.07, 6.45) is 1.83. The van der Waals surface area contributed by atoms with E-state index in [1.807, 2.05) is 30.3 Å². The molecule has 0 atom stereocenters. The molecule has 0 aromatic heterocycles. The molecule has 2 N–H and O–H groups in total. The van der Waals surface area contributed by atoms with Crippen molar-refractivity contribution in [2.45, 2.75) is 25.0 Å². The Kier molecular flexibility index (Phi) is 3.54. The SMILES string of the molecule is O=C1NC2(CCN(Cc3ccccc3)CC2)Nc2ccccc21. The summed E-state index contributed by atoms with van der Waals surface area (Å²) < 4.78 is 0. The fraction of sp³-hybridized carbons (Fsp3) is 0.316. The molecule has 1 amide bonds. The first-order valence-electron chi connectivity index (χ1n) is 8.20. The number of amides is 1. The number of rotatable bonds is 2. The van der Waals surface area contributed by atoms with Crippen LogP contribution in [-0.4, -0.2) is 29.6 Å². The monoisotopic (exact) mass is 307 g/mol. The van der Waals surface area contributed by atoms with Crippen molar-refractivity contribution in [2.24, 2.45) is 0 Å². The second-order valence-corrected chi connectivity index (χ2v) is 6.47. The molecule has 0 saturated carbocycles. The summed E-state index contributed by atoms with van der Waals surface area (Å²) >= 11 is 0. The van der Waals surface area contributed by atoms with Gasteiger partial charge in [0.1, 0.15) is 5.66 Å². The fourth-order valence-electron chi connectivity index (χ4n) is 3.55. The zero-order valence-electron chi connectivity index (χ0n) is 13.1. The molecule has 4 heteroatoms. The van der Waals surface area contributed by atoms with Crippen molar-refractivity contribution in [3.05, 3.63) is 65.7 Å². The molecule has 0 aliphatic carbocycles. The highest BCUT2D eigenvalue weighted by Crippen LogP contribution is 2.31. The van der Waals surface area contributed by atoms with E-state index in [9.17, 15) is 4.79 Å². The van der Waals surface area contributed by atoms with Gasteiger partial charge in [-0.3, -0.25) is 9.69 Å². The molecule has 1 fully saturated rings. The number of hydrogen-bond donors (Lipinski definition) is 2. The number of carbonyl (C=O) groups excluding carboxylic acids is 1. The van der Waals surface area contributed by atoms with Gasteiger partial charge in [-0.05, 0) is 17.7 Å². The molecular formula is C19H21N3O. The number of nitrogens with zero attached hydrogens (tertiary/aromatic N) is 1. The van der Waals surface area contributed by atoms with Gasteiger partial charge in [-0.2, -0.15) is 0 Å². The molecule has 118 valence electrons. The van der Waals surface area contributed by atoms with Gasteiger partial charge in [0.25, 0.3) is 5.91 Å². The summed E-state index contributed by atoms with van der Waals surface area (Å²) in [4.78, 5) is 14.8. The standard InChI is InChI=1S/C19H21N3O/c23-18-16-8-4-5-9-17(16)20-19(21-18)10-12-22(13-11-19)14-15-6-2-1-3-7-15/h1-9,20H,10-14H2,(H,21,23). The number of piperidine rings is 1. The topological polar surface area (TPSA) is 44.4 Å². The van der Waals surface area contributed by atoms with E-state index in [1.54, 1.807) is 0 Å². The van der Waals surface area contributed by atoms with Crippen molar-refractivity contribution in [1.29, 1.82) is 0 Å². The van der Waals surface area contributed by atoms with Gasteiger partial charge >= 0.3 is 0 Å². The highest BCUT2D eigenvalue weighted by atomic mass is 16.2. The van der Waals surface area contributed by atoms with Crippen LogP contribution in [0.3, 0.4) is 0 Å². The number of likely N-dealkylation sites (tertiary alicyclic amines) is 1. The molecule has 23 heavy (non-hydrogen) atoms. The molecule has 2 aliphatic heterocycles. The van der Waals surface area contributed by atoms with Gasteiger partial charge in [0, 0.05) is 38.2 Å². The minimum Gasteiger partial charge on any atom is -0.362 e. The molecular weight excluding hydrogens is 286 g/mol. The average Bonchev–Trinajstić information content (AvgIpc) is 2.58. The summed E-state index contributed by atoms with van der Waals surface area (Å²) in [7, 11) is 0. The molecule has 4 nitrogen and oxygen atoms in total. The summed E-state index contributed by atoms with van der Waals surface area (Å²) in [5, 5.41) is 6.76. The van der Waals surface area contributed by atoms with Gasteiger partial charge in [0.05, 0.1) is 5.56 Å². The van der Waals surface area contributed by atoms with E-state index >= 15 is 0 Å². The lowest BCUT2D eigenvalue weighted by Crippen LogP contribution is -2.62. The van der Waals surface area contributed by atoms with Crippen LogP contribution in [0.25, 0.3) is 0 Å². The molecule has 1 spiro atoms. The Morgan fingerprint density at radius 2 is 1.61 bits per heavy atom. The largest absolute Gasteiger partial charge is 0.362 e. The number of hydrogen-bond acceptors (Lipinski definition) is 3. The molecule has 2 aliphatic rings. The van der Waals surface area contributed by atoms with E-state index in [-0.39, 0.29) is 11.6 Å². The molecule has 4 rings (SSSR count). The first kappa shape index (κ1) is 14.3. The van der Waals surface area contributed by atoms with Gasteiger partial charge in [0.15, 0.2) is 0 Å². The summed E-state index contributed by atoms with van der Waals surface area (Å²) in [6.45, 7) is 2.93. The van der Waals surface area contributed by atoms with Crippen LogP contribution in [0.5, 0.6) is 0 Å². The van der Waals surface area contributed by atoms with Crippen LogP contribution in [0.4, 0.5) is 5.69 Å². The zero-order valence-corrected chi connectivity index (χ0v) is 13.1. The minimum atomic E-state index is -0.293. The van der Waals surface area contributed by atoms with Crippen LogP contribution < -0.4 is 10.6 Å². The predicted octanol–water partition coefficient (Wildman–Crippen LogP) is 2.83. The summed E-state index contributed by atoms with van der Waals surface area (Å²) in [5.41, 5.74) is 2.74. The first-order valence-corrected chi connectivity index (χ1v) is 8.20. The lowest BCUT2D eigenvalue weighted by Gasteiger charge is -2.46. The molecule has 0 bridgehead atoms.